The fourth-order valence-electron chi connectivity index (χ4n) is 2.15. The average Bonchev–Trinajstić information content (AvgIpc) is 3.36. The molecule has 0 atom stereocenters. The number of anilines is 1. The predicted molar refractivity (Wildman–Crippen MR) is 103 cm³/mol. The first-order chi connectivity index (χ1) is 13.2. The van der Waals surface area contributed by atoms with Gasteiger partial charge in [0.15, 0.2) is 0 Å². The lowest BCUT2D eigenvalue weighted by Gasteiger charge is -2.09. The summed E-state index contributed by atoms with van der Waals surface area (Å²) >= 11 is 1.23. The maximum absolute atomic E-state index is 12.2. The van der Waals surface area contributed by atoms with E-state index >= 15 is 0 Å². The Morgan fingerprint density at radius 1 is 1.26 bits per heavy atom. The van der Waals surface area contributed by atoms with Gasteiger partial charge in [0.2, 0.25) is 11.1 Å². The molecule has 0 saturated heterocycles. The number of aromatic amines is 1. The van der Waals surface area contributed by atoms with Crippen molar-refractivity contribution >= 4 is 35.5 Å². The third-order valence-electron chi connectivity index (χ3n) is 3.40. The van der Waals surface area contributed by atoms with E-state index in [0.29, 0.717) is 33.9 Å². The Hall–Kier alpha value is -3.20. The van der Waals surface area contributed by atoms with Crippen LogP contribution in [-0.4, -0.2) is 41.1 Å². The highest BCUT2D eigenvalue weighted by Gasteiger charge is 2.09. The molecule has 0 radical (unpaired) electrons. The third kappa shape index (κ3) is 5.38. The summed E-state index contributed by atoms with van der Waals surface area (Å²) in [6.45, 7) is 0. The van der Waals surface area contributed by atoms with E-state index in [1.54, 1.807) is 56.9 Å². The second-order valence-corrected chi connectivity index (χ2v) is 6.23. The van der Waals surface area contributed by atoms with Gasteiger partial charge in [-0.05, 0) is 24.3 Å². The summed E-state index contributed by atoms with van der Waals surface area (Å²) in [5.41, 5.74) is 0.592. The van der Waals surface area contributed by atoms with Crippen LogP contribution in [0, 0.1) is 0 Å². The second-order valence-electron chi connectivity index (χ2n) is 5.29. The van der Waals surface area contributed by atoms with Gasteiger partial charge in [-0.3, -0.25) is 9.89 Å². The summed E-state index contributed by atoms with van der Waals surface area (Å²) in [5, 5.41) is 10.2. The maximum Gasteiger partial charge on any atom is 0.234 e. The van der Waals surface area contributed by atoms with Crippen molar-refractivity contribution in [2.75, 3.05) is 25.3 Å². The number of thioether (sulfide) groups is 1. The van der Waals surface area contributed by atoms with Gasteiger partial charge in [0, 0.05) is 23.9 Å². The fourth-order valence-corrected chi connectivity index (χ4v) is 2.76. The quantitative estimate of drug-likeness (QED) is 0.573. The highest BCUT2D eigenvalue weighted by atomic mass is 32.2. The zero-order chi connectivity index (χ0) is 19.1. The smallest absolute Gasteiger partial charge is 0.234 e. The standard InChI is InChI=1S/C18H18N4O4S/c1-24-14-8-12(9-15(10-14)25-2)19-17(23)11-27-18-20-16(21-22-18)6-5-13-4-3-7-26-13/h3-10H,11H2,1-2H3,(H,19,23)(H,20,21,22). The Kier molecular flexibility index (Phi) is 6.16. The topological polar surface area (TPSA) is 102 Å². The maximum atomic E-state index is 12.2. The molecule has 0 aliphatic heterocycles. The van der Waals surface area contributed by atoms with Crippen LogP contribution in [-0.2, 0) is 4.79 Å². The van der Waals surface area contributed by atoms with Gasteiger partial charge in [-0.25, -0.2) is 4.98 Å². The Labute approximate surface area is 160 Å². The SMILES string of the molecule is COc1cc(NC(=O)CSc2n[nH]c(C=Cc3ccco3)n2)cc(OC)c1. The van der Waals surface area contributed by atoms with E-state index in [1.807, 2.05) is 6.07 Å². The van der Waals surface area contributed by atoms with E-state index in [1.165, 1.54) is 11.8 Å². The number of hydrogen-bond donors (Lipinski definition) is 2. The molecule has 0 fully saturated rings. The van der Waals surface area contributed by atoms with Crippen LogP contribution in [0.1, 0.15) is 11.6 Å². The number of benzene rings is 1. The Morgan fingerprint density at radius 2 is 2.04 bits per heavy atom. The largest absolute Gasteiger partial charge is 0.497 e. The Bertz CT molecular complexity index is 899. The van der Waals surface area contributed by atoms with Crippen LogP contribution in [0.5, 0.6) is 11.5 Å². The number of H-pyrrole nitrogens is 1. The predicted octanol–water partition coefficient (Wildman–Crippen LogP) is 3.32. The van der Waals surface area contributed by atoms with Crippen LogP contribution < -0.4 is 14.8 Å². The molecular formula is C18H18N4O4S. The molecule has 2 N–H and O–H groups in total. The van der Waals surface area contributed by atoms with Crippen LogP contribution in [0.3, 0.4) is 0 Å². The number of methoxy groups -OCH3 is 2. The summed E-state index contributed by atoms with van der Waals surface area (Å²) in [6.07, 6.45) is 5.12. The van der Waals surface area contributed by atoms with Crippen molar-refractivity contribution in [2.24, 2.45) is 0 Å². The van der Waals surface area contributed by atoms with Gasteiger partial charge >= 0.3 is 0 Å². The highest BCUT2D eigenvalue weighted by molar-refractivity contribution is 7.99. The van der Waals surface area contributed by atoms with E-state index in [-0.39, 0.29) is 11.7 Å². The minimum atomic E-state index is -0.187. The molecule has 3 aromatic rings. The van der Waals surface area contributed by atoms with Gasteiger partial charge in [0.1, 0.15) is 23.1 Å². The molecule has 3 rings (SSSR count). The van der Waals surface area contributed by atoms with Gasteiger partial charge < -0.3 is 19.2 Å². The average molecular weight is 386 g/mol. The lowest BCUT2D eigenvalue weighted by molar-refractivity contribution is -0.113. The van der Waals surface area contributed by atoms with Gasteiger partial charge in [-0.15, -0.1) is 5.10 Å². The second kappa shape index (κ2) is 8.95. The van der Waals surface area contributed by atoms with Gasteiger partial charge in [0.05, 0.1) is 26.2 Å². The van der Waals surface area contributed by atoms with Crippen molar-refractivity contribution < 1.29 is 18.7 Å². The number of nitrogens with one attached hydrogen (secondary N) is 2. The molecule has 0 saturated carbocycles. The molecule has 0 aliphatic rings. The molecule has 1 amide bonds. The van der Waals surface area contributed by atoms with E-state index in [9.17, 15) is 4.79 Å². The molecule has 2 heterocycles. The lowest BCUT2D eigenvalue weighted by Crippen LogP contribution is -2.14. The van der Waals surface area contributed by atoms with Crippen molar-refractivity contribution in [3.63, 3.8) is 0 Å². The number of carbonyl (C=O) groups excluding carboxylic acids is 1. The summed E-state index contributed by atoms with van der Waals surface area (Å²) < 4.78 is 15.6. The van der Waals surface area contributed by atoms with Crippen LogP contribution in [0.25, 0.3) is 12.2 Å². The first-order valence-corrected chi connectivity index (χ1v) is 8.94. The molecule has 0 aliphatic carbocycles. The molecule has 9 heteroatoms. The molecule has 8 nitrogen and oxygen atoms in total. The van der Waals surface area contributed by atoms with E-state index < -0.39 is 0 Å². The van der Waals surface area contributed by atoms with E-state index in [4.69, 9.17) is 13.9 Å². The number of aromatic nitrogens is 3. The number of ether oxygens (including phenoxy) is 2. The molecule has 0 unspecified atom stereocenters. The number of hydrogen-bond acceptors (Lipinski definition) is 7. The van der Waals surface area contributed by atoms with E-state index in [2.05, 4.69) is 20.5 Å². The summed E-state index contributed by atoms with van der Waals surface area (Å²) in [6, 6.07) is 8.80. The molecule has 0 spiro atoms. The van der Waals surface area contributed by atoms with Crippen LogP contribution in [0.15, 0.2) is 46.2 Å². The van der Waals surface area contributed by atoms with Crippen LogP contribution >= 0.6 is 11.8 Å². The molecule has 2 aromatic heterocycles. The third-order valence-corrected chi connectivity index (χ3v) is 4.25. The molecule has 1 aromatic carbocycles. The summed E-state index contributed by atoms with van der Waals surface area (Å²) in [5.74, 6) is 2.46. The number of nitrogens with zero attached hydrogens (tertiary/aromatic N) is 2. The first kappa shape index (κ1) is 18.6. The van der Waals surface area contributed by atoms with Gasteiger partial charge in [-0.2, -0.15) is 0 Å². The van der Waals surface area contributed by atoms with Crippen molar-refractivity contribution in [3.8, 4) is 11.5 Å². The van der Waals surface area contributed by atoms with Crippen molar-refractivity contribution in [1.29, 1.82) is 0 Å². The minimum absolute atomic E-state index is 0.165. The highest BCUT2D eigenvalue weighted by Crippen LogP contribution is 2.26. The Morgan fingerprint density at radius 3 is 2.70 bits per heavy atom. The Balaban J connectivity index is 1.54. The molecule has 140 valence electrons. The zero-order valence-corrected chi connectivity index (χ0v) is 15.6. The van der Waals surface area contributed by atoms with Crippen molar-refractivity contribution in [1.82, 2.24) is 15.2 Å². The van der Waals surface area contributed by atoms with Crippen molar-refractivity contribution in [2.45, 2.75) is 5.16 Å². The normalized spacial score (nSPS) is 10.9. The summed E-state index contributed by atoms with van der Waals surface area (Å²) in [7, 11) is 3.11. The summed E-state index contributed by atoms with van der Waals surface area (Å²) in [4.78, 5) is 16.5. The van der Waals surface area contributed by atoms with Crippen molar-refractivity contribution in [3.05, 3.63) is 48.2 Å². The van der Waals surface area contributed by atoms with E-state index in [0.717, 1.165) is 0 Å². The number of amides is 1. The van der Waals surface area contributed by atoms with Crippen LogP contribution in [0.4, 0.5) is 5.69 Å². The minimum Gasteiger partial charge on any atom is -0.497 e. The lowest BCUT2D eigenvalue weighted by atomic mass is 10.2. The molecular weight excluding hydrogens is 368 g/mol. The number of carbonyl (C=O) groups is 1. The van der Waals surface area contributed by atoms with Gasteiger partial charge in [-0.1, -0.05) is 11.8 Å². The zero-order valence-electron chi connectivity index (χ0n) is 14.8. The molecule has 27 heavy (non-hydrogen) atoms. The molecule has 0 bridgehead atoms. The van der Waals surface area contributed by atoms with Gasteiger partial charge in [0.25, 0.3) is 0 Å². The number of rotatable bonds is 8. The fraction of sp³-hybridized carbons (Fsp3) is 0.167. The number of furan rings is 1. The van der Waals surface area contributed by atoms with Crippen LogP contribution in [0.2, 0.25) is 0 Å². The first-order valence-electron chi connectivity index (χ1n) is 7.96. The monoisotopic (exact) mass is 386 g/mol.